The van der Waals surface area contributed by atoms with Crippen molar-refractivity contribution in [1.82, 2.24) is 0 Å². The van der Waals surface area contributed by atoms with Gasteiger partial charge in [0, 0.05) is 0 Å². The lowest BCUT2D eigenvalue weighted by Crippen LogP contribution is -2.34. The zero-order valence-electron chi connectivity index (χ0n) is 13.6. The van der Waals surface area contributed by atoms with Gasteiger partial charge in [0.05, 0.1) is 7.74 Å². The normalized spacial score (nSPS) is 11.9. The van der Waals surface area contributed by atoms with Gasteiger partial charge in [-0.15, -0.1) is 6.57 Å². The Morgan fingerprint density at radius 1 is 0.714 bits per heavy atom. The average Bonchev–Trinajstić information content (AvgIpc) is 2.41. The Hall–Kier alpha value is -0.479. The molecule has 0 aliphatic rings. The molecule has 21 heavy (non-hydrogen) atoms. The highest BCUT2D eigenvalue weighted by Gasteiger charge is 2.28. The van der Waals surface area contributed by atoms with Gasteiger partial charge < -0.3 is 0 Å². The molecule has 0 atom stereocenters. The van der Waals surface area contributed by atoms with E-state index in [0.29, 0.717) is 0 Å². The highest BCUT2D eigenvalue weighted by molar-refractivity contribution is 8.30. The Morgan fingerprint density at radius 2 is 1.10 bits per heavy atom. The molecule has 2 aromatic carbocycles. The van der Waals surface area contributed by atoms with Crippen molar-refractivity contribution in [3.63, 3.8) is 0 Å². The van der Waals surface area contributed by atoms with E-state index in [0.717, 1.165) is 18.4 Å². The first kappa shape index (κ1) is 16.9. The zero-order chi connectivity index (χ0) is 15.5. The van der Waals surface area contributed by atoms with Gasteiger partial charge in [-0.2, -0.15) is 0 Å². The zero-order valence-corrected chi connectivity index (χ0v) is 17.5. The van der Waals surface area contributed by atoms with Crippen molar-refractivity contribution in [2.45, 2.75) is 33.5 Å². The molecule has 0 fully saturated rings. The van der Waals surface area contributed by atoms with Crippen LogP contribution in [0.1, 0.15) is 11.1 Å². The smallest absolute Gasteiger partial charge is 0.107 e. The van der Waals surface area contributed by atoms with Gasteiger partial charge in [0.1, 0.15) is 18.4 Å². The summed E-state index contributed by atoms with van der Waals surface area (Å²) in [4.78, 5) is 0. The molecule has 0 spiro atoms. The first-order valence-corrected chi connectivity index (χ1v) is 16.7. The van der Waals surface area contributed by atoms with E-state index in [2.05, 4.69) is 82.0 Å². The first-order chi connectivity index (χ1) is 9.88. The van der Waals surface area contributed by atoms with E-state index in [9.17, 15) is 0 Å². The molecule has 0 aliphatic carbocycles. The fraction of sp³-hybridized carbons (Fsp3) is 0.294. The SMILES string of the molecule is Cc1ccccc1[Si]P([Si]c1ccccc1C)[Si](C)(C)C. The molecule has 0 bridgehead atoms. The lowest BCUT2D eigenvalue weighted by molar-refractivity contribution is 1.52. The second-order valence-electron chi connectivity index (χ2n) is 6.36. The summed E-state index contributed by atoms with van der Waals surface area (Å²) >= 11 is 0. The molecule has 0 unspecified atom stereocenters. The van der Waals surface area contributed by atoms with Gasteiger partial charge in [0.25, 0.3) is 0 Å². The van der Waals surface area contributed by atoms with Crippen LogP contribution in [0.25, 0.3) is 0 Å². The molecule has 0 saturated heterocycles. The van der Waals surface area contributed by atoms with Crippen LogP contribution >= 0.6 is 6.57 Å². The van der Waals surface area contributed by atoms with Gasteiger partial charge in [0.2, 0.25) is 0 Å². The van der Waals surface area contributed by atoms with Crippen LogP contribution in [0.4, 0.5) is 0 Å². The molecule has 0 aliphatic heterocycles. The lowest BCUT2D eigenvalue weighted by Gasteiger charge is -2.30. The van der Waals surface area contributed by atoms with Crippen LogP contribution in [-0.2, 0) is 0 Å². The summed E-state index contributed by atoms with van der Waals surface area (Å²) < 4.78 is 0. The molecule has 2 rings (SSSR count). The Labute approximate surface area is 136 Å². The van der Waals surface area contributed by atoms with E-state index >= 15 is 0 Å². The van der Waals surface area contributed by atoms with E-state index < -0.39 is 7.74 Å². The maximum Gasteiger partial charge on any atom is 0.107 e. The molecular weight excluding hydrogens is 319 g/mol. The van der Waals surface area contributed by atoms with Gasteiger partial charge in [-0.25, -0.2) is 0 Å². The monoisotopic (exact) mass is 342 g/mol. The third kappa shape index (κ3) is 4.75. The number of hydrogen-bond donors (Lipinski definition) is 0. The molecule has 2 aromatic rings. The predicted octanol–water partition coefficient (Wildman–Crippen LogP) is 3.81. The number of rotatable bonds is 5. The summed E-state index contributed by atoms with van der Waals surface area (Å²) in [6.07, 6.45) is 0. The molecule has 0 nitrogen and oxygen atoms in total. The highest BCUT2D eigenvalue weighted by Crippen LogP contribution is 2.42. The second-order valence-corrected chi connectivity index (χ2v) is 26.3. The Bertz CT molecular complexity index is 557. The molecule has 108 valence electrons. The van der Waals surface area contributed by atoms with Crippen LogP contribution in [0.3, 0.4) is 0 Å². The van der Waals surface area contributed by atoms with Gasteiger partial charge in [-0.05, 0) is 13.8 Å². The molecule has 0 saturated carbocycles. The maximum atomic E-state index is 2.55. The van der Waals surface area contributed by atoms with E-state index in [-0.39, 0.29) is 6.57 Å². The van der Waals surface area contributed by atoms with Crippen molar-refractivity contribution in [3.8, 4) is 0 Å². The van der Waals surface area contributed by atoms with E-state index in [1.165, 1.54) is 11.1 Å². The number of aryl methyl sites for hydroxylation is 2. The van der Waals surface area contributed by atoms with Crippen LogP contribution in [0, 0.1) is 13.8 Å². The summed E-state index contributed by atoms with van der Waals surface area (Å²) in [6, 6.07) is 17.9. The minimum Gasteiger partial charge on any atom is -0.137 e. The Morgan fingerprint density at radius 3 is 1.43 bits per heavy atom. The van der Waals surface area contributed by atoms with Gasteiger partial charge in [0.15, 0.2) is 0 Å². The molecule has 0 amide bonds. The van der Waals surface area contributed by atoms with Crippen molar-refractivity contribution < 1.29 is 0 Å². The quantitative estimate of drug-likeness (QED) is 0.572. The minimum atomic E-state index is -1.11. The van der Waals surface area contributed by atoms with Gasteiger partial charge in [-0.3, -0.25) is 0 Å². The van der Waals surface area contributed by atoms with Crippen molar-refractivity contribution in [2.75, 3.05) is 0 Å². The van der Waals surface area contributed by atoms with Crippen LogP contribution in [0.2, 0.25) is 19.6 Å². The average molecular weight is 343 g/mol. The van der Waals surface area contributed by atoms with E-state index in [4.69, 9.17) is 0 Å². The third-order valence-corrected chi connectivity index (χ3v) is 29.7. The standard InChI is InChI=1S/C17H23PSi3/c1-14-10-6-8-12-16(14)19-18(21(3,4)5)20-17-13-9-7-11-15(17)2/h6-13H,1-5H3. The fourth-order valence-electron chi connectivity index (χ4n) is 2.00. The maximum absolute atomic E-state index is 2.55. The summed E-state index contributed by atoms with van der Waals surface area (Å²) in [5, 5.41) is 3.18. The Kier molecular flexibility index (Phi) is 5.78. The van der Waals surface area contributed by atoms with Crippen LogP contribution < -0.4 is 10.4 Å². The predicted molar refractivity (Wildman–Crippen MR) is 103 cm³/mol. The third-order valence-electron chi connectivity index (χ3n) is 3.43. The summed E-state index contributed by atoms with van der Waals surface area (Å²) in [5.74, 6) is 0. The van der Waals surface area contributed by atoms with E-state index in [1.54, 1.807) is 10.4 Å². The molecule has 0 aromatic heterocycles. The van der Waals surface area contributed by atoms with Crippen molar-refractivity contribution >= 4 is 43.1 Å². The minimum absolute atomic E-state index is 0.108. The van der Waals surface area contributed by atoms with Crippen molar-refractivity contribution in [1.29, 1.82) is 0 Å². The molecular formula is C17H23PSi3. The van der Waals surface area contributed by atoms with Gasteiger partial charge >= 0.3 is 0 Å². The highest BCUT2D eigenvalue weighted by atomic mass is 31.8. The number of hydrogen-bond acceptors (Lipinski definition) is 0. The fourth-order valence-corrected chi connectivity index (χ4v) is 20.1. The summed E-state index contributed by atoms with van der Waals surface area (Å²) in [6.45, 7) is 12.3. The van der Waals surface area contributed by atoms with Gasteiger partial charge in [-0.1, -0.05) is 89.7 Å². The Balaban J connectivity index is 2.24. The molecule has 4 radical (unpaired) electrons. The van der Waals surface area contributed by atoms with Crippen LogP contribution in [-0.4, -0.2) is 26.1 Å². The van der Waals surface area contributed by atoms with Crippen molar-refractivity contribution in [3.05, 3.63) is 59.7 Å². The van der Waals surface area contributed by atoms with Crippen LogP contribution in [0.15, 0.2) is 48.5 Å². The second kappa shape index (κ2) is 7.19. The topological polar surface area (TPSA) is 0 Å². The molecule has 0 N–H and O–H groups in total. The molecule has 4 heteroatoms. The van der Waals surface area contributed by atoms with Crippen molar-refractivity contribution in [2.24, 2.45) is 0 Å². The largest absolute Gasteiger partial charge is 0.137 e. The summed E-state index contributed by atoms with van der Waals surface area (Å²) in [7, 11) is 0.905. The summed E-state index contributed by atoms with van der Waals surface area (Å²) in [5.41, 5.74) is 2.94. The first-order valence-electron chi connectivity index (χ1n) is 7.33. The lowest BCUT2D eigenvalue weighted by atomic mass is 10.2. The molecule has 0 heterocycles. The van der Waals surface area contributed by atoms with E-state index in [1.807, 2.05) is 0 Å². The van der Waals surface area contributed by atoms with Crippen LogP contribution in [0.5, 0.6) is 0 Å². The number of benzene rings is 2.